The lowest BCUT2D eigenvalue weighted by atomic mass is 9.95. The van der Waals surface area contributed by atoms with Crippen LogP contribution in [0.1, 0.15) is 35.1 Å². The van der Waals surface area contributed by atoms with E-state index in [0.29, 0.717) is 13.2 Å². The third kappa shape index (κ3) is 9.18. The summed E-state index contributed by atoms with van der Waals surface area (Å²) in [6.07, 6.45) is 11.4. The van der Waals surface area contributed by atoms with Gasteiger partial charge in [-0.3, -0.25) is 9.97 Å². The van der Waals surface area contributed by atoms with Crippen LogP contribution < -0.4 is 20.1 Å². The Balaban J connectivity index is 1.19. The van der Waals surface area contributed by atoms with E-state index in [-0.39, 0.29) is 0 Å². The summed E-state index contributed by atoms with van der Waals surface area (Å²) in [7, 11) is 0. The molecular formula is C34H42N4O2. The van der Waals surface area contributed by atoms with E-state index in [4.69, 9.17) is 9.47 Å². The highest BCUT2D eigenvalue weighted by Crippen LogP contribution is 2.35. The minimum absolute atomic E-state index is 0.683. The van der Waals surface area contributed by atoms with Gasteiger partial charge in [0.25, 0.3) is 0 Å². The highest BCUT2D eigenvalue weighted by Gasteiger charge is 2.12. The van der Waals surface area contributed by atoms with Crippen LogP contribution in [0, 0.1) is 13.8 Å². The zero-order valence-corrected chi connectivity index (χ0v) is 23.9. The lowest BCUT2D eigenvalue weighted by Crippen LogP contribution is -2.20. The van der Waals surface area contributed by atoms with E-state index < -0.39 is 0 Å². The molecule has 2 aromatic heterocycles. The molecule has 0 saturated carbocycles. The van der Waals surface area contributed by atoms with Crippen LogP contribution in [0.5, 0.6) is 11.5 Å². The van der Waals surface area contributed by atoms with Gasteiger partial charge in [0.15, 0.2) is 0 Å². The first-order valence-electron chi connectivity index (χ1n) is 14.4. The lowest BCUT2D eigenvalue weighted by molar-refractivity contribution is 0.306. The fourth-order valence-corrected chi connectivity index (χ4v) is 4.69. The second-order valence-electron chi connectivity index (χ2n) is 9.98. The fraction of sp³-hybridized carbons (Fsp3) is 0.353. The van der Waals surface area contributed by atoms with Crippen molar-refractivity contribution < 1.29 is 9.47 Å². The number of pyridine rings is 2. The number of hydrogen-bond donors (Lipinski definition) is 2. The van der Waals surface area contributed by atoms with Gasteiger partial charge in [0.05, 0.1) is 13.2 Å². The van der Waals surface area contributed by atoms with Gasteiger partial charge in [-0.15, -0.1) is 0 Å². The van der Waals surface area contributed by atoms with E-state index in [9.17, 15) is 0 Å². The number of benzene rings is 2. The van der Waals surface area contributed by atoms with Crippen LogP contribution in [0.15, 0.2) is 85.5 Å². The van der Waals surface area contributed by atoms with Crippen LogP contribution in [0.25, 0.3) is 11.1 Å². The van der Waals surface area contributed by atoms with E-state index in [2.05, 4.69) is 83.0 Å². The Labute approximate surface area is 239 Å². The maximum absolute atomic E-state index is 6.18. The summed E-state index contributed by atoms with van der Waals surface area (Å²) in [6.45, 7) is 9.39. The Morgan fingerprint density at radius 3 is 1.48 bits per heavy atom. The SMILES string of the molecule is Cc1c(OCCCNCCc2cccnc2)cccc1-c1cccc(OCCCNCCc2cccnc2)c1C. The van der Waals surface area contributed by atoms with Crippen molar-refractivity contribution in [2.45, 2.75) is 39.5 Å². The molecular weight excluding hydrogens is 496 g/mol. The van der Waals surface area contributed by atoms with Crippen molar-refractivity contribution in [3.8, 4) is 22.6 Å². The van der Waals surface area contributed by atoms with Gasteiger partial charge in [-0.25, -0.2) is 0 Å². The molecule has 0 spiro atoms. The van der Waals surface area contributed by atoms with Gasteiger partial charge in [0, 0.05) is 24.8 Å². The van der Waals surface area contributed by atoms with Crippen LogP contribution in [-0.2, 0) is 12.8 Å². The molecule has 0 aliphatic carbocycles. The summed E-state index contributed by atoms with van der Waals surface area (Å²) in [4.78, 5) is 8.34. The molecule has 0 aliphatic rings. The Hall–Kier alpha value is -3.74. The van der Waals surface area contributed by atoms with Crippen LogP contribution in [0.2, 0.25) is 0 Å². The molecule has 40 heavy (non-hydrogen) atoms. The Morgan fingerprint density at radius 2 is 1.05 bits per heavy atom. The van der Waals surface area contributed by atoms with Crippen molar-refractivity contribution in [1.29, 1.82) is 0 Å². The van der Waals surface area contributed by atoms with Crippen molar-refractivity contribution in [1.82, 2.24) is 20.6 Å². The average molecular weight is 539 g/mol. The van der Waals surface area contributed by atoms with Crippen molar-refractivity contribution in [3.05, 3.63) is 108 Å². The van der Waals surface area contributed by atoms with Gasteiger partial charge in [0.1, 0.15) is 11.5 Å². The molecule has 4 aromatic rings. The maximum atomic E-state index is 6.18. The molecule has 6 nitrogen and oxygen atoms in total. The number of aromatic nitrogens is 2. The molecule has 0 unspecified atom stereocenters. The van der Waals surface area contributed by atoms with Gasteiger partial charge in [0.2, 0.25) is 0 Å². The summed E-state index contributed by atoms with van der Waals surface area (Å²) in [5.74, 6) is 1.88. The number of ether oxygens (including phenoxy) is 2. The molecule has 0 amide bonds. The first-order chi connectivity index (χ1) is 19.7. The first kappa shape index (κ1) is 29.2. The maximum Gasteiger partial charge on any atom is 0.122 e. The predicted octanol–water partition coefficient (Wildman–Crippen LogP) is 5.96. The van der Waals surface area contributed by atoms with Gasteiger partial charge in [-0.1, -0.05) is 36.4 Å². The van der Waals surface area contributed by atoms with Crippen molar-refractivity contribution >= 4 is 0 Å². The number of nitrogens with one attached hydrogen (secondary N) is 2. The largest absolute Gasteiger partial charge is 0.493 e. The highest BCUT2D eigenvalue weighted by molar-refractivity contribution is 5.74. The lowest BCUT2D eigenvalue weighted by Gasteiger charge is -2.17. The summed E-state index contributed by atoms with van der Waals surface area (Å²) >= 11 is 0. The van der Waals surface area contributed by atoms with E-state index in [1.54, 1.807) is 0 Å². The molecule has 0 radical (unpaired) electrons. The summed E-state index contributed by atoms with van der Waals surface area (Å²) in [5.41, 5.74) is 7.20. The summed E-state index contributed by atoms with van der Waals surface area (Å²) in [6, 6.07) is 20.8. The summed E-state index contributed by atoms with van der Waals surface area (Å²) < 4.78 is 12.4. The Bertz CT molecular complexity index is 1180. The highest BCUT2D eigenvalue weighted by atomic mass is 16.5. The van der Waals surface area contributed by atoms with Crippen molar-refractivity contribution in [2.75, 3.05) is 39.4 Å². The molecule has 0 bridgehead atoms. The smallest absolute Gasteiger partial charge is 0.122 e. The quantitative estimate of drug-likeness (QED) is 0.162. The van der Waals surface area contributed by atoms with E-state index in [1.807, 2.05) is 36.9 Å². The van der Waals surface area contributed by atoms with E-state index in [1.165, 1.54) is 22.3 Å². The molecule has 0 fully saturated rings. The minimum Gasteiger partial charge on any atom is -0.493 e. The van der Waals surface area contributed by atoms with Gasteiger partial charge in [-0.2, -0.15) is 0 Å². The Morgan fingerprint density at radius 1 is 0.575 bits per heavy atom. The second kappa shape index (κ2) is 16.4. The molecule has 4 rings (SSSR count). The fourth-order valence-electron chi connectivity index (χ4n) is 4.69. The molecule has 6 heteroatoms. The van der Waals surface area contributed by atoms with Crippen LogP contribution in [0.3, 0.4) is 0 Å². The second-order valence-corrected chi connectivity index (χ2v) is 9.98. The zero-order valence-electron chi connectivity index (χ0n) is 23.9. The number of hydrogen-bond acceptors (Lipinski definition) is 6. The van der Waals surface area contributed by atoms with Crippen molar-refractivity contribution in [3.63, 3.8) is 0 Å². The van der Waals surface area contributed by atoms with Gasteiger partial charge >= 0.3 is 0 Å². The zero-order chi connectivity index (χ0) is 27.8. The molecule has 2 heterocycles. The van der Waals surface area contributed by atoms with Crippen LogP contribution in [-0.4, -0.2) is 49.4 Å². The first-order valence-corrected chi connectivity index (χ1v) is 14.4. The number of rotatable bonds is 17. The van der Waals surface area contributed by atoms with Crippen LogP contribution in [0.4, 0.5) is 0 Å². The summed E-state index contributed by atoms with van der Waals surface area (Å²) in [5, 5.41) is 6.99. The van der Waals surface area contributed by atoms with Crippen molar-refractivity contribution in [2.24, 2.45) is 0 Å². The van der Waals surface area contributed by atoms with Crippen LogP contribution >= 0.6 is 0 Å². The topological polar surface area (TPSA) is 68.3 Å². The average Bonchev–Trinajstić information content (AvgIpc) is 2.99. The minimum atomic E-state index is 0.683. The Kier molecular flexibility index (Phi) is 12.0. The standard InChI is InChI=1S/C34H42N4O2/c1-27-31(11-3-13-33(27)39-23-7-19-35-21-15-29-9-5-17-37-25-29)32-12-4-14-34(28(32)2)40-24-8-20-36-22-16-30-10-6-18-38-26-30/h3-6,9-14,17-18,25-26,35-36H,7-8,15-16,19-24H2,1-2H3. The molecule has 2 N–H and O–H groups in total. The molecule has 0 saturated heterocycles. The predicted molar refractivity (Wildman–Crippen MR) is 163 cm³/mol. The molecule has 210 valence electrons. The van der Waals surface area contributed by atoms with Gasteiger partial charge < -0.3 is 20.1 Å². The normalized spacial score (nSPS) is 10.9. The van der Waals surface area contributed by atoms with E-state index >= 15 is 0 Å². The molecule has 0 atom stereocenters. The monoisotopic (exact) mass is 538 g/mol. The molecule has 2 aromatic carbocycles. The molecule has 0 aliphatic heterocycles. The van der Waals surface area contributed by atoms with Gasteiger partial charge in [-0.05, 0) is 123 Å². The third-order valence-corrected chi connectivity index (χ3v) is 7.00. The third-order valence-electron chi connectivity index (χ3n) is 7.00. The van der Waals surface area contributed by atoms with E-state index in [0.717, 1.165) is 74.5 Å². The number of nitrogens with zero attached hydrogens (tertiary/aromatic N) is 2.